The molecule has 0 fully saturated rings. The maximum Gasteiger partial charge on any atom is 0.336 e. The Morgan fingerprint density at radius 2 is 1.60 bits per heavy atom. The first-order valence-electron chi connectivity index (χ1n) is 9.50. The first kappa shape index (κ1) is 17.9. The third kappa shape index (κ3) is 2.79. The zero-order valence-corrected chi connectivity index (χ0v) is 16.1. The number of hydrogen-bond acceptors (Lipinski definition) is 5. The molecule has 0 aliphatic carbocycles. The van der Waals surface area contributed by atoms with Gasteiger partial charge in [0.15, 0.2) is 11.5 Å². The molecule has 5 aromatic rings. The highest BCUT2D eigenvalue weighted by Crippen LogP contribution is 2.40. The van der Waals surface area contributed by atoms with Gasteiger partial charge in [-0.3, -0.25) is 0 Å². The minimum atomic E-state index is -0.423. The van der Waals surface area contributed by atoms with E-state index in [-0.39, 0.29) is 0 Å². The number of aryl methyl sites for hydroxylation is 1. The topological polar surface area (TPSA) is 75.9 Å². The molecule has 3 aromatic carbocycles. The Hall–Kier alpha value is -4.12. The Morgan fingerprint density at radius 1 is 0.900 bits per heavy atom. The number of rotatable bonds is 3. The summed E-state index contributed by atoms with van der Waals surface area (Å²) in [6, 6.07) is 24.2. The number of nitrogens with zero attached hydrogens (tertiary/aromatic N) is 1. The molecule has 146 valence electrons. The zero-order chi connectivity index (χ0) is 20.7. The monoisotopic (exact) mass is 395 g/mol. The molecular weight excluding hydrogens is 378 g/mol. The molecule has 2 aromatic heterocycles. The van der Waals surface area contributed by atoms with Crippen molar-refractivity contribution in [1.82, 2.24) is 0 Å². The van der Waals surface area contributed by atoms with Crippen LogP contribution in [0.25, 0.3) is 33.1 Å². The van der Waals surface area contributed by atoms with Gasteiger partial charge < -0.3 is 14.0 Å². The van der Waals surface area contributed by atoms with Crippen molar-refractivity contribution in [3.8, 4) is 11.1 Å². The molecule has 2 heterocycles. The summed E-state index contributed by atoms with van der Waals surface area (Å²) in [6.07, 6.45) is 0. The molecule has 30 heavy (non-hydrogen) atoms. The lowest BCUT2D eigenvalue weighted by Gasteiger charge is -2.07. The molecule has 5 heteroatoms. The summed E-state index contributed by atoms with van der Waals surface area (Å²) >= 11 is 0. The summed E-state index contributed by atoms with van der Waals surface area (Å²) < 4.78 is 11.8. The van der Waals surface area contributed by atoms with Gasteiger partial charge in [0.05, 0.1) is 5.39 Å². The fourth-order valence-electron chi connectivity index (χ4n) is 3.84. The molecule has 5 rings (SSSR count). The third-order valence-electron chi connectivity index (χ3n) is 5.20. The number of fused-ring (bicyclic) bond motifs is 3. The van der Waals surface area contributed by atoms with Crippen molar-refractivity contribution < 1.29 is 14.0 Å². The first-order chi connectivity index (χ1) is 14.7. The van der Waals surface area contributed by atoms with Crippen LogP contribution >= 0.6 is 0 Å². The fraction of sp³-hybridized carbons (Fsp3) is 0.0400. The molecule has 0 saturated carbocycles. The number of hydrogen-bond donors (Lipinski definition) is 1. The van der Waals surface area contributed by atoms with E-state index in [4.69, 9.17) is 8.83 Å². The second kappa shape index (κ2) is 7.04. The summed E-state index contributed by atoms with van der Waals surface area (Å²) in [6.45, 7) is 1.87. The lowest BCUT2D eigenvalue weighted by atomic mass is 9.96. The maximum absolute atomic E-state index is 12.2. The van der Waals surface area contributed by atoms with Crippen molar-refractivity contribution in [2.45, 2.75) is 6.92 Å². The third-order valence-corrected chi connectivity index (χ3v) is 5.20. The summed E-state index contributed by atoms with van der Waals surface area (Å²) in [5.41, 5.74) is 3.98. The van der Waals surface area contributed by atoms with Crippen LogP contribution in [0.1, 0.15) is 16.9 Å². The Kier molecular flexibility index (Phi) is 4.21. The van der Waals surface area contributed by atoms with E-state index in [1.807, 2.05) is 79.7 Å². The van der Waals surface area contributed by atoms with E-state index in [2.05, 4.69) is 5.16 Å². The smallest absolute Gasteiger partial charge is 0.336 e. The predicted molar refractivity (Wildman–Crippen MR) is 116 cm³/mol. The van der Waals surface area contributed by atoms with Gasteiger partial charge in [0.25, 0.3) is 0 Å². The lowest BCUT2D eigenvalue weighted by molar-refractivity contribution is 0.318. The number of oxime groups is 1. The van der Waals surface area contributed by atoms with Gasteiger partial charge in [-0.1, -0.05) is 65.8 Å². The van der Waals surface area contributed by atoms with Crippen molar-refractivity contribution in [1.29, 1.82) is 0 Å². The molecule has 0 bridgehead atoms. The molecular formula is C25H17NO4. The van der Waals surface area contributed by atoms with Crippen molar-refractivity contribution in [3.63, 3.8) is 0 Å². The average Bonchev–Trinajstić information content (AvgIpc) is 3.15. The van der Waals surface area contributed by atoms with E-state index in [0.29, 0.717) is 39.2 Å². The molecule has 0 radical (unpaired) electrons. The summed E-state index contributed by atoms with van der Waals surface area (Å²) in [5.74, 6) is 0.404. The Bertz CT molecular complexity index is 1460. The minimum Gasteiger partial charge on any atom is -0.453 e. The van der Waals surface area contributed by atoms with Crippen LogP contribution in [0.3, 0.4) is 0 Å². The van der Waals surface area contributed by atoms with Crippen LogP contribution in [0.5, 0.6) is 0 Å². The van der Waals surface area contributed by atoms with Gasteiger partial charge in [-0.2, -0.15) is 0 Å². The Balaban J connectivity index is 1.95. The molecule has 0 atom stereocenters. The molecule has 1 N–H and O–H groups in total. The molecule has 0 aliphatic heterocycles. The van der Waals surface area contributed by atoms with Gasteiger partial charge in [-0.05, 0) is 30.2 Å². The van der Waals surface area contributed by atoms with Crippen molar-refractivity contribution in [3.05, 3.63) is 106 Å². The normalized spacial score (nSPS) is 12.0. The Morgan fingerprint density at radius 3 is 2.30 bits per heavy atom. The standard InChI is InChI=1S/C25H17NO4/c1-15-14-20(27)30-24-18(15)12-13-19-22(24)21(16-8-4-2-5-9-16)25(29-19)23(26-28)17-10-6-3-7-11-17/h2-14,28H,1H3. The largest absolute Gasteiger partial charge is 0.453 e. The van der Waals surface area contributed by atoms with Crippen LogP contribution in [0.4, 0.5) is 0 Å². The van der Waals surface area contributed by atoms with Gasteiger partial charge >= 0.3 is 5.63 Å². The molecule has 5 nitrogen and oxygen atoms in total. The van der Waals surface area contributed by atoms with E-state index in [1.165, 1.54) is 6.07 Å². The van der Waals surface area contributed by atoms with E-state index in [9.17, 15) is 10.0 Å². The summed E-state index contributed by atoms with van der Waals surface area (Å²) in [5, 5.41) is 14.9. The summed E-state index contributed by atoms with van der Waals surface area (Å²) in [7, 11) is 0. The minimum absolute atomic E-state index is 0.300. The van der Waals surface area contributed by atoms with Gasteiger partial charge in [0.2, 0.25) is 0 Å². The predicted octanol–water partition coefficient (Wildman–Crippen LogP) is 5.74. The van der Waals surface area contributed by atoms with E-state index >= 15 is 0 Å². The quantitative estimate of drug-likeness (QED) is 0.183. The number of furan rings is 1. The van der Waals surface area contributed by atoms with Gasteiger partial charge in [-0.15, -0.1) is 0 Å². The van der Waals surface area contributed by atoms with Crippen molar-refractivity contribution >= 4 is 27.7 Å². The van der Waals surface area contributed by atoms with Crippen LogP contribution < -0.4 is 5.63 Å². The molecule has 0 amide bonds. The second-order valence-corrected chi connectivity index (χ2v) is 7.05. The fourth-order valence-corrected chi connectivity index (χ4v) is 3.84. The van der Waals surface area contributed by atoms with Gasteiger partial charge in [-0.25, -0.2) is 4.79 Å². The highest BCUT2D eigenvalue weighted by molar-refractivity contribution is 6.21. The highest BCUT2D eigenvalue weighted by atomic mass is 16.4. The van der Waals surface area contributed by atoms with E-state index in [1.54, 1.807) is 0 Å². The van der Waals surface area contributed by atoms with Crippen LogP contribution in [-0.2, 0) is 0 Å². The second-order valence-electron chi connectivity index (χ2n) is 7.05. The molecule has 0 unspecified atom stereocenters. The molecule has 0 spiro atoms. The number of benzene rings is 3. The van der Waals surface area contributed by atoms with Crippen LogP contribution in [0.2, 0.25) is 0 Å². The van der Waals surface area contributed by atoms with E-state index in [0.717, 1.165) is 16.5 Å². The Labute approximate surface area is 171 Å². The molecule has 0 saturated heterocycles. The lowest BCUT2D eigenvalue weighted by Crippen LogP contribution is -2.03. The highest BCUT2D eigenvalue weighted by Gasteiger charge is 2.25. The first-order valence-corrected chi connectivity index (χ1v) is 9.50. The zero-order valence-electron chi connectivity index (χ0n) is 16.1. The SMILES string of the molecule is Cc1cc(=O)oc2c1ccc1oc(C(=NO)c3ccccc3)c(-c3ccccc3)c12. The van der Waals surface area contributed by atoms with Crippen LogP contribution in [0, 0.1) is 6.92 Å². The van der Waals surface area contributed by atoms with Gasteiger partial charge in [0, 0.05) is 22.6 Å². The van der Waals surface area contributed by atoms with Crippen LogP contribution in [0.15, 0.2) is 97.6 Å². The van der Waals surface area contributed by atoms with Crippen molar-refractivity contribution in [2.24, 2.45) is 5.16 Å². The average molecular weight is 395 g/mol. The van der Waals surface area contributed by atoms with Gasteiger partial charge in [0.1, 0.15) is 11.2 Å². The molecule has 0 aliphatic rings. The maximum atomic E-state index is 12.2. The van der Waals surface area contributed by atoms with E-state index < -0.39 is 5.63 Å². The summed E-state index contributed by atoms with van der Waals surface area (Å²) in [4.78, 5) is 12.2. The van der Waals surface area contributed by atoms with Crippen LogP contribution in [-0.4, -0.2) is 10.9 Å². The van der Waals surface area contributed by atoms with Crippen molar-refractivity contribution in [2.75, 3.05) is 0 Å².